The Hall–Kier alpha value is -2.34. The Labute approximate surface area is 168 Å². The topological polar surface area (TPSA) is 59.9 Å². The number of rotatable bonds is 8. The lowest BCUT2D eigenvalue weighted by atomic mass is 10.0. The van der Waals surface area contributed by atoms with Crippen LogP contribution in [0.1, 0.15) is 43.4 Å². The van der Waals surface area contributed by atoms with Gasteiger partial charge in [0, 0.05) is 10.0 Å². The number of ether oxygens (including phenoxy) is 2. The predicted octanol–water partition coefficient (Wildman–Crippen LogP) is 4.81. The van der Waals surface area contributed by atoms with Crippen LogP contribution < -0.4 is 14.9 Å². The second kappa shape index (κ2) is 10.1. The molecule has 0 aliphatic heterocycles. The molecule has 0 atom stereocenters. The summed E-state index contributed by atoms with van der Waals surface area (Å²) in [6, 6.07) is 11.6. The van der Waals surface area contributed by atoms with E-state index in [4.69, 9.17) is 9.47 Å². The number of nitrogens with one attached hydrogen (secondary N) is 1. The van der Waals surface area contributed by atoms with Crippen LogP contribution in [0.15, 0.2) is 46.0 Å². The van der Waals surface area contributed by atoms with Gasteiger partial charge in [-0.25, -0.2) is 5.43 Å². The minimum atomic E-state index is -0.324. The van der Waals surface area contributed by atoms with Gasteiger partial charge in [0.2, 0.25) is 0 Å². The van der Waals surface area contributed by atoms with Gasteiger partial charge in [0.15, 0.2) is 6.61 Å². The van der Waals surface area contributed by atoms with Gasteiger partial charge in [-0.15, -0.1) is 0 Å². The van der Waals surface area contributed by atoms with Crippen molar-refractivity contribution in [3.05, 3.63) is 57.6 Å². The zero-order chi connectivity index (χ0) is 19.8. The third kappa shape index (κ3) is 6.40. The highest BCUT2D eigenvalue weighted by atomic mass is 79.9. The molecule has 0 bridgehead atoms. The number of hydrogen-bond acceptors (Lipinski definition) is 4. The van der Waals surface area contributed by atoms with E-state index < -0.39 is 0 Å². The van der Waals surface area contributed by atoms with Gasteiger partial charge in [-0.1, -0.05) is 41.9 Å². The lowest BCUT2D eigenvalue weighted by Gasteiger charge is -2.14. The van der Waals surface area contributed by atoms with Crippen LogP contribution in [0.3, 0.4) is 0 Å². The number of carbonyl (C=O) groups is 1. The lowest BCUT2D eigenvalue weighted by molar-refractivity contribution is -0.123. The van der Waals surface area contributed by atoms with Gasteiger partial charge in [-0.3, -0.25) is 4.79 Å². The summed E-state index contributed by atoms with van der Waals surface area (Å²) >= 11 is 3.42. The molecule has 5 nitrogen and oxygen atoms in total. The Bertz CT molecular complexity index is 819. The van der Waals surface area contributed by atoms with Gasteiger partial charge in [-0.2, -0.15) is 5.10 Å². The van der Waals surface area contributed by atoms with E-state index in [2.05, 4.69) is 40.3 Å². The van der Waals surface area contributed by atoms with E-state index in [-0.39, 0.29) is 12.5 Å². The molecule has 2 aromatic rings. The average Bonchev–Trinajstić information content (AvgIpc) is 2.62. The third-order valence-electron chi connectivity index (χ3n) is 3.81. The van der Waals surface area contributed by atoms with Crippen LogP contribution in [0.5, 0.6) is 11.5 Å². The Morgan fingerprint density at radius 1 is 1.19 bits per heavy atom. The van der Waals surface area contributed by atoms with E-state index in [1.54, 1.807) is 6.21 Å². The van der Waals surface area contributed by atoms with Crippen molar-refractivity contribution in [3.63, 3.8) is 0 Å². The lowest BCUT2D eigenvalue weighted by Crippen LogP contribution is -2.25. The predicted molar refractivity (Wildman–Crippen MR) is 112 cm³/mol. The Morgan fingerprint density at radius 2 is 1.96 bits per heavy atom. The average molecular weight is 433 g/mol. The molecule has 2 aromatic carbocycles. The first-order valence-electron chi connectivity index (χ1n) is 8.88. The number of nitrogens with zero attached hydrogens (tertiary/aromatic N) is 1. The standard InChI is InChI=1S/C21H25BrN2O3/c1-5-26-19-9-7-17(22)11-16(19)12-23-24-21(25)13-27-20-10-15(4)6-8-18(20)14(2)3/h6-12,14H,5,13H2,1-4H3,(H,24,25). The molecule has 0 aromatic heterocycles. The molecular formula is C21H25BrN2O3. The Balaban J connectivity index is 1.97. The molecule has 0 saturated carbocycles. The van der Waals surface area contributed by atoms with Crippen molar-refractivity contribution in [1.82, 2.24) is 5.43 Å². The van der Waals surface area contributed by atoms with Gasteiger partial charge >= 0.3 is 0 Å². The maximum atomic E-state index is 12.1. The fourth-order valence-electron chi connectivity index (χ4n) is 2.50. The summed E-state index contributed by atoms with van der Waals surface area (Å²) in [4.78, 5) is 12.1. The molecule has 0 spiro atoms. The molecule has 1 N–H and O–H groups in total. The van der Waals surface area contributed by atoms with E-state index in [0.717, 1.165) is 26.9 Å². The molecule has 0 unspecified atom stereocenters. The fraction of sp³-hybridized carbons (Fsp3) is 0.333. The summed E-state index contributed by atoms with van der Waals surface area (Å²) in [5, 5.41) is 4.01. The first-order chi connectivity index (χ1) is 12.9. The minimum absolute atomic E-state index is 0.0999. The molecule has 1 amide bonds. The fourth-order valence-corrected chi connectivity index (χ4v) is 2.88. The zero-order valence-corrected chi connectivity index (χ0v) is 17.7. The SMILES string of the molecule is CCOc1ccc(Br)cc1C=NNC(=O)COc1cc(C)ccc1C(C)C. The van der Waals surface area contributed by atoms with Gasteiger partial charge in [0.25, 0.3) is 5.91 Å². The van der Waals surface area contributed by atoms with Crippen LogP contribution in [0, 0.1) is 6.92 Å². The molecule has 0 aliphatic carbocycles. The molecule has 0 radical (unpaired) electrons. The van der Waals surface area contributed by atoms with E-state index in [0.29, 0.717) is 18.3 Å². The van der Waals surface area contributed by atoms with Crippen molar-refractivity contribution in [2.24, 2.45) is 5.10 Å². The molecule has 144 valence electrons. The summed E-state index contributed by atoms with van der Waals surface area (Å²) in [7, 11) is 0. The highest BCUT2D eigenvalue weighted by molar-refractivity contribution is 9.10. The smallest absolute Gasteiger partial charge is 0.277 e. The van der Waals surface area contributed by atoms with Crippen LogP contribution in [0.2, 0.25) is 0 Å². The van der Waals surface area contributed by atoms with E-state index in [1.165, 1.54) is 0 Å². The summed E-state index contributed by atoms with van der Waals surface area (Å²) in [5.41, 5.74) is 5.42. The Kier molecular flexibility index (Phi) is 7.85. The molecular weight excluding hydrogens is 408 g/mol. The van der Waals surface area contributed by atoms with Crippen LogP contribution in [0.4, 0.5) is 0 Å². The van der Waals surface area contributed by atoms with Gasteiger partial charge in [0.05, 0.1) is 12.8 Å². The monoisotopic (exact) mass is 432 g/mol. The summed E-state index contributed by atoms with van der Waals surface area (Å²) in [6.07, 6.45) is 1.56. The highest BCUT2D eigenvalue weighted by Crippen LogP contribution is 2.27. The summed E-state index contributed by atoms with van der Waals surface area (Å²) < 4.78 is 12.2. The highest BCUT2D eigenvalue weighted by Gasteiger charge is 2.10. The number of hydrogen-bond donors (Lipinski definition) is 1. The molecule has 27 heavy (non-hydrogen) atoms. The van der Waals surface area contributed by atoms with Crippen LogP contribution in [0.25, 0.3) is 0 Å². The van der Waals surface area contributed by atoms with Crippen LogP contribution >= 0.6 is 15.9 Å². The first-order valence-corrected chi connectivity index (χ1v) is 9.67. The number of benzene rings is 2. The molecule has 0 aliphatic rings. The summed E-state index contributed by atoms with van der Waals surface area (Å²) in [6.45, 7) is 8.55. The van der Waals surface area contributed by atoms with Crippen molar-refractivity contribution in [2.75, 3.05) is 13.2 Å². The second-order valence-electron chi connectivity index (χ2n) is 6.39. The van der Waals surface area contributed by atoms with E-state index in [9.17, 15) is 4.79 Å². The van der Waals surface area contributed by atoms with Crippen molar-refractivity contribution < 1.29 is 14.3 Å². The molecule has 2 rings (SSSR count). The maximum Gasteiger partial charge on any atom is 0.277 e. The van der Waals surface area contributed by atoms with Crippen LogP contribution in [-0.2, 0) is 4.79 Å². The number of hydrazone groups is 1. The second-order valence-corrected chi connectivity index (χ2v) is 7.31. The van der Waals surface area contributed by atoms with Crippen molar-refractivity contribution in [3.8, 4) is 11.5 Å². The molecule has 0 saturated heterocycles. The number of aryl methyl sites for hydroxylation is 1. The van der Waals surface area contributed by atoms with Gasteiger partial charge in [-0.05, 0) is 55.2 Å². The normalized spacial score (nSPS) is 11.0. The molecule has 6 heteroatoms. The largest absolute Gasteiger partial charge is 0.493 e. The number of amides is 1. The Morgan fingerprint density at radius 3 is 2.67 bits per heavy atom. The third-order valence-corrected chi connectivity index (χ3v) is 4.31. The van der Waals surface area contributed by atoms with Crippen molar-refractivity contribution in [2.45, 2.75) is 33.6 Å². The minimum Gasteiger partial charge on any atom is -0.493 e. The molecule has 0 heterocycles. The first kappa shape index (κ1) is 21.0. The van der Waals surface area contributed by atoms with Crippen molar-refractivity contribution >= 4 is 28.1 Å². The van der Waals surface area contributed by atoms with Gasteiger partial charge in [0.1, 0.15) is 11.5 Å². The van der Waals surface area contributed by atoms with E-state index >= 15 is 0 Å². The van der Waals surface area contributed by atoms with Crippen LogP contribution in [-0.4, -0.2) is 25.3 Å². The maximum absolute atomic E-state index is 12.1. The zero-order valence-electron chi connectivity index (χ0n) is 16.1. The van der Waals surface area contributed by atoms with E-state index in [1.807, 2.05) is 50.2 Å². The molecule has 0 fully saturated rings. The number of carbonyl (C=O) groups excluding carboxylic acids is 1. The summed E-state index contributed by atoms with van der Waals surface area (Å²) in [5.74, 6) is 1.43. The van der Waals surface area contributed by atoms with Crippen molar-refractivity contribution in [1.29, 1.82) is 0 Å². The quantitative estimate of drug-likeness (QED) is 0.480. The van der Waals surface area contributed by atoms with Gasteiger partial charge < -0.3 is 9.47 Å². The number of halogens is 1.